The van der Waals surface area contributed by atoms with Gasteiger partial charge in [-0.05, 0) is 42.5 Å². The molecule has 2 N–H and O–H groups in total. The fourth-order valence-corrected chi connectivity index (χ4v) is 3.45. The molecule has 1 heterocycles. The van der Waals surface area contributed by atoms with E-state index in [1.54, 1.807) is 42.5 Å². The van der Waals surface area contributed by atoms with Gasteiger partial charge in [0.1, 0.15) is 11.7 Å². The zero-order valence-corrected chi connectivity index (χ0v) is 15.5. The molecule has 1 aromatic heterocycles. The highest BCUT2D eigenvalue weighted by Gasteiger charge is 2.26. The van der Waals surface area contributed by atoms with Gasteiger partial charge in [-0.3, -0.25) is 9.78 Å². The van der Waals surface area contributed by atoms with E-state index in [1.165, 1.54) is 12.1 Å². The number of hydrogen-bond acceptors (Lipinski definition) is 2. The average Bonchev–Trinajstić information content (AvgIpc) is 2.60. The van der Waals surface area contributed by atoms with Crippen LogP contribution in [0.25, 0.3) is 11.3 Å². The highest BCUT2D eigenvalue weighted by Crippen LogP contribution is 2.35. The maximum Gasteiger partial charge on any atom is 0.231 e. The Kier molecular flexibility index (Phi) is 5.47. The second kappa shape index (κ2) is 7.62. The Bertz CT molecular complexity index is 974. The van der Waals surface area contributed by atoms with E-state index in [9.17, 15) is 9.18 Å². The van der Waals surface area contributed by atoms with E-state index in [-0.39, 0.29) is 5.02 Å². The Balaban J connectivity index is 2.12. The van der Waals surface area contributed by atoms with Crippen LogP contribution in [0.1, 0.15) is 17.2 Å². The molecule has 0 aliphatic rings. The summed E-state index contributed by atoms with van der Waals surface area (Å²) in [6.07, 6.45) is 0. The molecule has 3 nitrogen and oxygen atoms in total. The number of nitrogens with zero attached hydrogens (tertiary/aromatic N) is 1. The van der Waals surface area contributed by atoms with Crippen molar-refractivity contribution in [2.75, 3.05) is 0 Å². The smallest absolute Gasteiger partial charge is 0.231 e. The summed E-state index contributed by atoms with van der Waals surface area (Å²) in [5.41, 5.74) is 7.49. The number of nitrogens with two attached hydrogens (primary N) is 1. The summed E-state index contributed by atoms with van der Waals surface area (Å²) in [6, 6.07) is 14.3. The van der Waals surface area contributed by atoms with Crippen LogP contribution in [0.15, 0.2) is 54.6 Å². The quantitative estimate of drug-likeness (QED) is 0.621. The van der Waals surface area contributed by atoms with Crippen molar-refractivity contribution in [1.29, 1.82) is 0 Å². The van der Waals surface area contributed by atoms with Crippen molar-refractivity contribution >= 4 is 40.7 Å². The minimum atomic E-state index is -0.924. The molecule has 1 atom stereocenters. The highest BCUT2D eigenvalue weighted by molar-refractivity contribution is 6.36. The van der Waals surface area contributed by atoms with Gasteiger partial charge in [-0.1, -0.05) is 46.9 Å². The standard InChI is InChI=1S/C19H12Cl3FN2O/c20-11-3-1-4-12(21)17(11)18(19(24)26)16-6-2-5-15(25-16)10-7-8-14(23)13(22)9-10/h1-9,18H,(H2,24,26). The van der Waals surface area contributed by atoms with Crippen LogP contribution in [0.4, 0.5) is 4.39 Å². The van der Waals surface area contributed by atoms with Crippen LogP contribution in [-0.4, -0.2) is 10.9 Å². The lowest BCUT2D eigenvalue weighted by atomic mass is 9.93. The zero-order chi connectivity index (χ0) is 18.8. The molecule has 0 saturated carbocycles. The van der Waals surface area contributed by atoms with E-state index in [0.717, 1.165) is 0 Å². The average molecular weight is 410 g/mol. The lowest BCUT2D eigenvalue weighted by molar-refractivity contribution is -0.118. The SMILES string of the molecule is NC(=O)C(c1cccc(-c2ccc(F)c(Cl)c2)n1)c1c(Cl)cccc1Cl. The molecular formula is C19H12Cl3FN2O. The molecule has 0 saturated heterocycles. The van der Waals surface area contributed by atoms with Crippen LogP contribution < -0.4 is 5.73 Å². The maximum absolute atomic E-state index is 13.4. The van der Waals surface area contributed by atoms with Crippen LogP contribution in [-0.2, 0) is 4.79 Å². The Labute approximate surface area is 164 Å². The van der Waals surface area contributed by atoms with Gasteiger partial charge in [-0.25, -0.2) is 4.39 Å². The number of carbonyl (C=O) groups is 1. The third kappa shape index (κ3) is 3.68. The van der Waals surface area contributed by atoms with Crippen molar-refractivity contribution in [3.63, 3.8) is 0 Å². The van der Waals surface area contributed by atoms with E-state index in [2.05, 4.69) is 4.98 Å². The van der Waals surface area contributed by atoms with Gasteiger partial charge in [-0.2, -0.15) is 0 Å². The predicted octanol–water partition coefficient (Wildman–Crippen LogP) is 5.47. The van der Waals surface area contributed by atoms with Crippen molar-refractivity contribution in [3.8, 4) is 11.3 Å². The number of amides is 1. The number of pyridine rings is 1. The fourth-order valence-electron chi connectivity index (χ4n) is 2.65. The Morgan fingerprint density at radius 3 is 2.23 bits per heavy atom. The van der Waals surface area contributed by atoms with Crippen LogP contribution in [0.2, 0.25) is 15.1 Å². The van der Waals surface area contributed by atoms with Crippen molar-refractivity contribution in [2.24, 2.45) is 5.73 Å². The Morgan fingerprint density at radius 1 is 0.962 bits per heavy atom. The third-order valence-electron chi connectivity index (χ3n) is 3.85. The van der Waals surface area contributed by atoms with Gasteiger partial charge in [0.25, 0.3) is 0 Å². The first-order valence-corrected chi connectivity index (χ1v) is 8.67. The van der Waals surface area contributed by atoms with Crippen LogP contribution in [0, 0.1) is 5.82 Å². The number of hydrogen-bond donors (Lipinski definition) is 1. The largest absolute Gasteiger partial charge is 0.369 e. The van der Waals surface area contributed by atoms with Crippen LogP contribution in [0.3, 0.4) is 0 Å². The minimum Gasteiger partial charge on any atom is -0.369 e. The first kappa shape index (κ1) is 18.6. The second-order valence-corrected chi connectivity index (χ2v) is 6.77. The van der Waals surface area contributed by atoms with E-state index < -0.39 is 17.6 Å². The Hall–Kier alpha value is -2.14. The summed E-state index contributed by atoms with van der Waals surface area (Å²) >= 11 is 18.3. The molecule has 1 unspecified atom stereocenters. The van der Waals surface area contributed by atoms with Gasteiger partial charge in [0.15, 0.2) is 0 Å². The lowest BCUT2D eigenvalue weighted by Gasteiger charge is -2.17. The van der Waals surface area contributed by atoms with Crippen molar-refractivity contribution in [2.45, 2.75) is 5.92 Å². The lowest BCUT2D eigenvalue weighted by Crippen LogP contribution is -2.24. The van der Waals surface area contributed by atoms with Crippen LogP contribution in [0.5, 0.6) is 0 Å². The van der Waals surface area contributed by atoms with Gasteiger partial charge >= 0.3 is 0 Å². The van der Waals surface area contributed by atoms with E-state index >= 15 is 0 Å². The molecule has 0 aliphatic carbocycles. The van der Waals surface area contributed by atoms with E-state index in [4.69, 9.17) is 40.5 Å². The predicted molar refractivity (Wildman–Crippen MR) is 102 cm³/mol. The minimum absolute atomic E-state index is 0.0182. The van der Waals surface area contributed by atoms with E-state index in [0.29, 0.717) is 32.6 Å². The molecule has 3 rings (SSSR count). The van der Waals surface area contributed by atoms with Crippen molar-refractivity contribution < 1.29 is 9.18 Å². The maximum atomic E-state index is 13.4. The molecule has 0 bridgehead atoms. The number of carbonyl (C=O) groups excluding carboxylic acids is 1. The monoisotopic (exact) mass is 408 g/mol. The first-order chi connectivity index (χ1) is 12.4. The summed E-state index contributed by atoms with van der Waals surface area (Å²) < 4.78 is 13.4. The van der Waals surface area contributed by atoms with Gasteiger partial charge in [0, 0.05) is 21.2 Å². The fraction of sp³-hybridized carbons (Fsp3) is 0.0526. The molecule has 7 heteroatoms. The molecule has 0 spiro atoms. The van der Waals surface area contributed by atoms with Gasteiger partial charge in [0.2, 0.25) is 5.91 Å². The number of rotatable bonds is 4. The number of primary amides is 1. The summed E-state index contributed by atoms with van der Waals surface area (Å²) in [5.74, 6) is -2.08. The van der Waals surface area contributed by atoms with Crippen molar-refractivity contribution in [1.82, 2.24) is 4.98 Å². The molecule has 3 aromatic rings. The first-order valence-electron chi connectivity index (χ1n) is 7.54. The summed E-state index contributed by atoms with van der Waals surface area (Å²) in [7, 11) is 0. The van der Waals surface area contributed by atoms with Crippen LogP contribution >= 0.6 is 34.8 Å². The summed E-state index contributed by atoms with van der Waals surface area (Å²) in [5, 5.41) is 0.618. The normalized spacial score (nSPS) is 12.0. The third-order valence-corrected chi connectivity index (χ3v) is 4.80. The number of halogens is 4. The molecule has 26 heavy (non-hydrogen) atoms. The molecule has 0 radical (unpaired) electrons. The topological polar surface area (TPSA) is 56.0 Å². The highest BCUT2D eigenvalue weighted by atomic mass is 35.5. The second-order valence-electron chi connectivity index (χ2n) is 5.55. The number of aromatic nitrogens is 1. The number of benzene rings is 2. The summed E-state index contributed by atoms with van der Waals surface area (Å²) in [6.45, 7) is 0. The van der Waals surface area contributed by atoms with E-state index in [1.807, 2.05) is 0 Å². The Morgan fingerprint density at radius 2 is 1.62 bits per heavy atom. The molecule has 132 valence electrons. The van der Waals surface area contributed by atoms with Crippen molar-refractivity contribution in [3.05, 3.63) is 86.7 Å². The summed E-state index contributed by atoms with van der Waals surface area (Å²) in [4.78, 5) is 16.6. The molecule has 0 aliphatic heterocycles. The molecule has 2 aromatic carbocycles. The van der Waals surface area contributed by atoms with Gasteiger partial charge < -0.3 is 5.73 Å². The zero-order valence-electron chi connectivity index (χ0n) is 13.2. The molecular weight excluding hydrogens is 398 g/mol. The molecule has 1 amide bonds. The molecule has 0 fully saturated rings. The van der Waals surface area contributed by atoms with Gasteiger partial charge in [0.05, 0.1) is 16.4 Å². The van der Waals surface area contributed by atoms with Gasteiger partial charge in [-0.15, -0.1) is 0 Å².